The molecular weight excluding hydrogens is 386 g/mol. The molecule has 1 amide bonds. The van der Waals surface area contributed by atoms with E-state index in [-0.39, 0.29) is 5.91 Å². The fraction of sp³-hybridized carbons (Fsp3) is 0.308. The van der Waals surface area contributed by atoms with Crippen molar-refractivity contribution >= 4 is 11.6 Å². The van der Waals surface area contributed by atoms with Crippen LogP contribution < -0.4 is 10.1 Å². The highest BCUT2D eigenvalue weighted by molar-refractivity contribution is 5.88. The number of anilines is 1. The second-order valence-corrected chi connectivity index (χ2v) is 8.13. The van der Waals surface area contributed by atoms with Crippen LogP contribution >= 0.6 is 0 Å². The van der Waals surface area contributed by atoms with Crippen molar-refractivity contribution in [1.82, 2.24) is 9.88 Å². The number of hydrogen-bond donors (Lipinski definition) is 1. The van der Waals surface area contributed by atoms with Crippen LogP contribution in [0.3, 0.4) is 0 Å². The first-order chi connectivity index (χ1) is 15.1. The predicted molar refractivity (Wildman–Crippen MR) is 124 cm³/mol. The molecule has 1 atom stereocenters. The van der Waals surface area contributed by atoms with Crippen molar-refractivity contribution in [2.45, 2.75) is 32.2 Å². The quantitative estimate of drug-likeness (QED) is 0.609. The van der Waals surface area contributed by atoms with Crippen LogP contribution in [-0.4, -0.2) is 36.0 Å². The minimum atomic E-state index is -0.0460. The average molecular weight is 416 g/mol. The fourth-order valence-electron chi connectivity index (χ4n) is 4.22. The highest BCUT2D eigenvalue weighted by Crippen LogP contribution is 2.29. The van der Waals surface area contributed by atoms with Gasteiger partial charge in [0.15, 0.2) is 0 Å². The van der Waals surface area contributed by atoms with Crippen molar-refractivity contribution < 1.29 is 9.53 Å². The Morgan fingerprint density at radius 1 is 1.13 bits per heavy atom. The minimum absolute atomic E-state index is 0.0460. The maximum Gasteiger partial charge on any atom is 0.221 e. The molecule has 160 valence electrons. The van der Waals surface area contributed by atoms with Crippen LogP contribution in [-0.2, 0) is 11.3 Å². The lowest BCUT2D eigenvalue weighted by Gasteiger charge is -2.32. The first-order valence-corrected chi connectivity index (χ1v) is 10.8. The molecule has 0 saturated carbocycles. The van der Waals surface area contributed by atoms with Crippen LogP contribution in [0, 0.1) is 0 Å². The van der Waals surface area contributed by atoms with Gasteiger partial charge in [0.05, 0.1) is 12.8 Å². The Labute approximate surface area is 184 Å². The van der Waals surface area contributed by atoms with Crippen molar-refractivity contribution in [2.75, 3.05) is 25.5 Å². The van der Waals surface area contributed by atoms with E-state index in [9.17, 15) is 4.79 Å². The molecule has 0 spiro atoms. The van der Waals surface area contributed by atoms with Crippen LogP contribution in [0.4, 0.5) is 5.69 Å². The second kappa shape index (κ2) is 9.75. The minimum Gasteiger partial charge on any atom is -0.497 e. The molecule has 1 N–H and O–H groups in total. The lowest BCUT2D eigenvalue weighted by atomic mass is 9.93. The van der Waals surface area contributed by atoms with E-state index in [1.807, 2.05) is 30.3 Å². The molecule has 1 aliphatic rings. The molecule has 5 heteroatoms. The van der Waals surface area contributed by atoms with E-state index >= 15 is 0 Å². The zero-order chi connectivity index (χ0) is 21.6. The molecule has 2 aromatic carbocycles. The number of benzene rings is 2. The summed E-state index contributed by atoms with van der Waals surface area (Å²) >= 11 is 0. The standard InChI is InChI=1S/C26H29N3O2/c1-19(30)27-23-13-11-20(12-14-23)17-29-15-5-7-22(18-29)26-10-4-9-25(28-26)21-6-3-8-24(16-21)31-2/h3-4,6,8-14,16,22H,5,7,15,17-18H2,1-2H3,(H,27,30)/t22-/m1/s1. The smallest absolute Gasteiger partial charge is 0.221 e. The number of rotatable bonds is 6. The van der Waals surface area contributed by atoms with Crippen LogP contribution in [0.2, 0.25) is 0 Å². The third kappa shape index (κ3) is 5.50. The number of amides is 1. The van der Waals surface area contributed by atoms with Gasteiger partial charge in [-0.05, 0) is 61.3 Å². The van der Waals surface area contributed by atoms with E-state index in [0.717, 1.165) is 54.4 Å². The molecule has 0 aliphatic carbocycles. The summed E-state index contributed by atoms with van der Waals surface area (Å²) < 4.78 is 5.36. The van der Waals surface area contributed by atoms with Gasteiger partial charge in [0, 0.05) is 42.9 Å². The molecule has 31 heavy (non-hydrogen) atoms. The summed E-state index contributed by atoms with van der Waals surface area (Å²) in [6.07, 6.45) is 2.33. The third-order valence-corrected chi connectivity index (χ3v) is 5.74. The molecule has 1 saturated heterocycles. The van der Waals surface area contributed by atoms with Gasteiger partial charge in [-0.1, -0.05) is 30.3 Å². The van der Waals surface area contributed by atoms with Crippen molar-refractivity contribution in [3.05, 3.63) is 78.0 Å². The molecule has 3 aromatic rings. The molecule has 5 nitrogen and oxygen atoms in total. The molecule has 4 rings (SSSR count). The molecule has 0 radical (unpaired) electrons. The Hall–Kier alpha value is -3.18. The number of carbonyl (C=O) groups excluding carboxylic acids is 1. The summed E-state index contributed by atoms with van der Waals surface area (Å²) in [6.45, 7) is 4.53. The molecular formula is C26H29N3O2. The molecule has 1 aliphatic heterocycles. The van der Waals surface area contributed by atoms with E-state index in [2.05, 4.69) is 46.6 Å². The van der Waals surface area contributed by atoms with Gasteiger partial charge in [-0.2, -0.15) is 0 Å². The van der Waals surface area contributed by atoms with Gasteiger partial charge < -0.3 is 10.1 Å². The molecule has 2 heterocycles. The number of ether oxygens (including phenoxy) is 1. The van der Waals surface area contributed by atoms with E-state index in [0.29, 0.717) is 5.92 Å². The third-order valence-electron chi connectivity index (χ3n) is 5.74. The number of likely N-dealkylation sites (tertiary alicyclic amines) is 1. The summed E-state index contributed by atoms with van der Waals surface area (Å²) in [5.41, 5.74) is 5.32. The predicted octanol–water partition coefficient (Wildman–Crippen LogP) is 5.10. The van der Waals surface area contributed by atoms with E-state index in [1.165, 1.54) is 18.9 Å². The summed E-state index contributed by atoms with van der Waals surface area (Å²) in [4.78, 5) is 18.7. The lowest BCUT2D eigenvalue weighted by molar-refractivity contribution is -0.114. The second-order valence-electron chi connectivity index (χ2n) is 8.13. The normalized spacial score (nSPS) is 16.6. The summed E-state index contributed by atoms with van der Waals surface area (Å²) in [5, 5.41) is 2.82. The number of piperidine rings is 1. The van der Waals surface area contributed by atoms with E-state index < -0.39 is 0 Å². The summed E-state index contributed by atoms with van der Waals surface area (Å²) in [5.74, 6) is 1.23. The van der Waals surface area contributed by atoms with Crippen molar-refractivity contribution in [3.63, 3.8) is 0 Å². The van der Waals surface area contributed by atoms with Gasteiger partial charge in [0.2, 0.25) is 5.91 Å². The molecule has 1 fully saturated rings. The van der Waals surface area contributed by atoms with Crippen LogP contribution in [0.1, 0.15) is 36.9 Å². The van der Waals surface area contributed by atoms with Gasteiger partial charge >= 0.3 is 0 Å². The number of nitrogens with one attached hydrogen (secondary N) is 1. The Morgan fingerprint density at radius 3 is 2.71 bits per heavy atom. The fourth-order valence-corrected chi connectivity index (χ4v) is 4.22. The first-order valence-electron chi connectivity index (χ1n) is 10.8. The zero-order valence-corrected chi connectivity index (χ0v) is 18.2. The van der Waals surface area contributed by atoms with Crippen molar-refractivity contribution in [3.8, 4) is 17.0 Å². The molecule has 0 unspecified atom stereocenters. The number of pyridine rings is 1. The van der Waals surface area contributed by atoms with E-state index in [4.69, 9.17) is 9.72 Å². The molecule has 1 aromatic heterocycles. The van der Waals surface area contributed by atoms with Crippen LogP contribution in [0.5, 0.6) is 5.75 Å². The molecule has 0 bridgehead atoms. The number of aromatic nitrogens is 1. The number of methoxy groups -OCH3 is 1. The van der Waals surface area contributed by atoms with Crippen LogP contribution in [0.25, 0.3) is 11.3 Å². The first kappa shape index (κ1) is 21.1. The Balaban J connectivity index is 1.44. The maximum absolute atomic E-state index is 11.2. The topological polar surface area (TPSA) is 54.5 Å². The van der Waals surface area contributed by atoms with Gasteiger partial charge in [-0.3, -0.25) is 14.7 Å². The van der Waals surface area contributed by atoms with Crippen molar-refractivity contribution in [1.29, 1.82) is 0 Å². The average Bonchev–Trinajstić information content (AvgIpc) is 2.80. The summed E-state index contributed by atoms with van der Waals surface area (Å²) in [6, 6.07) is 22.5. The van der Waals surface area contributed by atoms with Crippen molar-refractivity contribution in [2.24, 2.45) is 0 Å². The number of nitrogens with zero attached hydrogens (tertiary/aromatic N) is 2. The van der Waals surface area contributed by atoms with Gasteiger partial charge in [-0.25, -0.2) is 0 Å². The highest BCUT2D eigenvalue weighted by Gasteiger charge is 2.22. The van der Waals surface area contributed by atoms with E-state index in [1.54, 1.807) is 7.11 Å². The van der Waals surface area contributed by atoms with Crippen LogP contribution in [0.15, 0.2) is 66.7 Å². The number of hydrogen-bond acceptors (Lipinski definition) is 4. The Morgan fingerprint density at radius 2 is 1.94 bits per heavy atom. The lowest BCUT2D eigenvalue weighted by Crippen LogP contribution is -2.34. The largest absolute Gasteiger partial charge is 0.497 e. The van der Waals surface area contributed by atoms with Gasteiger partial charge in [-0.15, -0.1) is 0 Å². The Bertz CT molecular complexity index is 1030. The Kier molecular flexibility index (Phi) is 6.63. The highest BCUT2D eigenvalue weighted by atomic mass is 16.5. The zero-order valence-electron chi connectivity index (χ0n) is 18.2. The SMILES string of the molecule is COc1cccc(-c2cccc([C@@H]3CCCN(Cc4ccc(NC(C)=O)cc4)C3)n2)c1. The van der Waals surface area contributed by atoms with Gasteiger partial charge in [0.25, 0.3) is 0 Å². The number of carbonyl (C=O) groups is 1. The maximum atomic E-state index is 11.2. The monoisotopic (exact) mass is 415 g/mol. The summed E-state index contributed by atoms with van der Waals surface area (Å²) in [7, 11) is 1.69. The van der Waals surface area contributed by atoms with Gasteiger partial charge in [0.1, 0.15) is 5.75 Å².